The lowest BCUT2D eigenvalue weighted by Gasteiger charge is -2.15. The van der Waals surface area contributed by atoms with Gasteiger partial charge in [0.1, 0.15) is 0 Å². The first-order valence-corrected chi connectivity index (χ1v) is 5.05. The van der Waals surface area contributed by atoms with E-state index in [4.69, 9.17) is 4.84 Å². The van der Waals surface area contributed by atoms with Crippen molar-refractivity contribution in [3.8, 4) is 0 Å². The number of carbonyl (C=O) groups excluding carboxylic acids is 1. The van der Waals surface area contributed by atoms with E-state index >= 15 is 0 Å². The Balaban J connectivity index is 2.30. The molecule has 1 aliphatic heterocycles. The highest BCUT2D eigenvalue weighted by Crippen LogP contribution is 2.14. The standard InChI is InChI=1S/C11H12N4O2/c1-8-10(11(16)13-12-8)14-15(17-2)9-6-4-3-5-7-9/h3-7H,1-2H3,(H,13,14,16). The van der Waals surface area contributed by atoms with Crippen LogP contribution >= 0.6 is 0 Å². The maximum Gasteiger partial charge on any atom is 0.293 e. The Morgan fingerprint density at radius 3 is 2.59 bits per heavy atom. The lowest BCUT2D eigenvalue weighted by Crippen LogP contribution is -2.27. The first-order chi connectivity index (χ1) is 8.22. The SMILES string of the molecule is CON(N=C1C(=O)NN=C1C)c1ccccc1. The van der Waals surface area contributed by atoms with E-state index < -0.39 is 0 Å². The third kappa shape index (κ3) is 2.31. The normalized spacial score (nSPS) is 16.9. The molecule has 0 radical (unpaired) electrons. The van der Waals surface area contributed by atoms with Crippen LogP contribution in [0, 0.1) is 0 Å². The maximum atomic E-state index is 11.4. The predicted octanol–water partition coefficient (Wildman–Crippen LogP) is 0.916. The van der Waals surface area contributed by atoms with Gasteiger partial charge in [-0.2, -0.15) is 5.10 Å². The molecule has 1 aromatic rings. The topological polar surface area (TPSA) is 66.3 Å². The monoisotopic (exact) mass is 232 g/mol. The summed E-state index contributed by atoms with van der Waals surface area (Å²) in [6.45, 7) is 1.70. The van der Waals surface area contributed by atoms with Gasteiger partial charge in [0.25, 0.3) is 5.91 Å². The zero-order chi connectivity index (χ0) is 12.3. The van der Waals surface area contributed by atoms with Crippen LogP contribution in [0.3, 0.4) is 0 Å². The fourth-order valence-corrected chi connectivity index (χ4v) is 1.37. The second kappa shape index (κ2) is 4.75. The summed E-state index contributed by atoms with van der Waals surface area (Å²) in [5.74, 6) is -0.333. The summed E-state index contributed by atoms with van der Waals surface area (Å²) in [6.07, 6.45) is 0. The first-order valence-electron chi connectivity index (χ1n) is 5.05. The molecule has 2 rings (SSSR count). The number of rotatable bonds is 3. The van der Waals surface area contributed by atoms with E-state index in [1.165, 1.54) is 12.3 Å². The van der Waals surface area contributed by atoms with Gasteiger partial charge in [0.05, 0.1) is 18.5 Å². The Kier molecular flexibility index (Phi) is 3.15. The summed E-state index contributed by atoms with van der Waals surface area (Å²) < 4.78 is 0. The van der Waals surface area contributed by atoms with Gasteiger partial charge in [-0.15, -0.1) is 10.3 Å². The van der Waals surface area contributed by atoms with Crippen LogP contribution in [0.1, 0.15) is 6.92 Å². The minimum atomic E-state index is -0.333. The van der Waals surface area contributed by atoms with E-state index in [1.54, 1.807) is 6.92 Å². The number of hydrogen-bond donors (Lipinski definition) is 1. The summed E-state index contributed by atoms with van der Waals surface area (Å²) in [6, 6.07) is 9.26. The van der Waals surface area contributed by atoms with Crippen molar-refractivity contribution in [1.29, 1.82) is 0 Å². The van der Waals surface area contributed by atoms with Gasteiger partial charge in [-0.1, -0.05) is 18.2 Å². The molecule has 6 heteroatoms. The molecule has 1 aliphatic rings. The predicted molar refractivity (Wildman–Crippen MR) is 64.6 cm³/mol. The highest BCUT2D eigenvalue weighted by Gasteiger charge is 2.22. The van der Waals surface area contributed by atoms with Crippen LogP contribution in [-0.2, 0) is 9.63 Å². The van der Waals surface area contributed by atoms with E-state index in [0.717, 1.165) is 5.69 Å². The molecule has 0 aliphatic carbocycles. The van der Waals surface area contributed by atoms with Crippen LogP contribution in [0.15, 0.2) is 40.5 Å². The fourth-order valence-electron chi connectivity index (χ4n) is 1.37. The van der Waals surface area contributed by atoms with Crippen molar-refractivity contribution in [2.45, 2.75) is 6.92 Å². The molecule has 1 heterocycles. The Morgan fingerprint density at radius 1 is 1.35 bits per heavy atom. The average molecular weight is 232 g/mol. The number of hydrogen-bond acceptors (Lipinski definition) is 5. The van der Waals surface area contributed by atoms with Crippen LogP contribution in [0.5, 0.6) is 0 Å². The van der Waals surface area contributed by atoms with Crippen LogP contribution in [0.2, 0.25) is 0 Å². The molecule has 1 amide bonds. The second-order valence-corrected chi connectivity index (χ2v) is 3.38. The highest BCUT2D eigenvalue weighted by molar-refractivity contribution is 6.68. The first kappa shape index (κ1) is 11.3. The van der Waals surface area contributed by atoms with Crippen molar-refractivity contribution in [1.82, 2.24) is 5.43 Å². The molecule has 17 heavy (non-hydrogen) atoms. The molecule has 0 unspecified atom stereocenters. The average Bonchev–Trinajstić information content (AvgIpc) is 2.68. The second-order valence-electron chi connectivity index (χ2n) is 3.38. The summed E-state index contributed by atoms with van der Waals surface area (Å²) >= 11 is 0. The van der Waals surface area contributed by atoms with E-state index in [2.05, 4.69) is 15.6 Å². The van der Waals surface area contributed by atoms with Gasteiger partial charge in [0.15, 0.2) is 5.71 Å². The lowest BCUT2D eigenvalue weighted by atomic mass is 10.3. The Morgan fingerprint density at radius 2 is 2.06 bits per heavy atom. The Labute approximate surface area is 98.5 Å². The number of carbonyl (C=O) groups is 1. The van der Waals surface area contributed by atoms with Gasteiger partial charge < -0.3 is 0 Å². The highest BCUT2D eigenvalue weighted by atomic mass is 16.7. The summed E-state index contributed by atoms with van der Waals surface area (Å²) in [5, 5.41) is 9.17. The van der Waals surface area contributed by atoms with Crippen molar-refractivity contribution in [2.75, 3.05) is 12.3 Å². The van der Waals surface area contributed by atoms with E-state index in [9.17, 15) is 4.79 Å². The summed E-state index contributed by atoms with van der Waals surface area (Å²) in [4.78, 5) is 16.5. The van der Waals surface area contributed by atoms with Gasteiger partial charge in [0, 0.05) is 0 Å². The molecule has 88 valence electrons. The quantitative estimate of drug-likeness (QED) is 0.788. The van der Waals surface area contributed by atoms with Crippen LogP contribution in [-0.4, -0.2) is 24.4 Å². The van der Waals surface area contributed by atoms with Gasteiger partial charge in [-0.3, -0.25) is 9.63 Å². The summed E-state index contributed by atoms with van der Waals surface area (Å²) in [5.41, 5.74) is 3.85. The van der Waals surface area contributed by atoms with Crippen molar-refractivity contribution in [3.05, 3.63) is 30.3 Å². The van der Waals surface area contributed by atoms with Gasteiger partial charge in [-0.05, 0) is 19.1 Å². The van der Waals surface area contributed by atoms with Crippen molar-refractivity contribution >= 4 is 23.0 Å². The molecule has 0 bridgehead atoms. The summed E-state index contributed by atoms with van der Waals surface area (Å²) in [7, 11) is 1.48. The van der Waals surface area contributed by atoms with E-state index in [-0.39, 0.29) is 11.6 Å². The maximum absolute atomic E-state index is 11.4. The van der Waals surface area contributed by atoms with Crippen molar-refractivity contribution in [3.63, 3.8) is 0 Å². The third-order valence-electron chi connectivity index (χ3n) is 2.22. The number of amides is 1. The zero-order valence-electron chi connectivity index (χ0n) is 9.54. The molecule has 0 atom stereocenters. The lowest BCUT2D eigenvalue weighted by molar-refractivity contribution is -0.114. The molecule has 0 spiro atoms. The molecule has 1 N–H and O–H groups in total. The number of benzene rings is 1. The number of nitrogens with one attached hydrogen (secondary N) is 1. The molecule has 0 aromatic heterocycles. The Bertz CT molecular complexity index is 482. The third-order valence-corrected chi connectivity index (χ3v) is 2.22. The number of anilines is 1. The molecular formula is C11H12N4O2. The van der Waals surface area contributed by atoms with Crippen LogP contribution in [0.25, 0.3) is 0 Å². The van der Waals surface area contributed by atoms with E-state index in [1.807, 2.05) is 30.3 Å². The number of para-hydroxylation sites is 1. The Hall–Kier alpha value is -2.21. The molecular weight excluding hydrogens is 220 g/mol. The molecule has 1 aromatic carbocycles. The zero-order valence-corrected chi connectivity index (χ0v) is 9.54. The largest absolute Gasteiger partial charge is 0.293 e. The molecule has 0 saturated carbocycles. The number of nitrogens with zero attached hydrogens (tertiary/aromatic N) is 3. The minimum absolute atomic E-state index is 0.246. The molecule has 6 nitrogen and oxygen atoms in total. The van der Waals surface area contributed by atoms with E-state index in [0.29, 0.717) is 5.71 Å². The van der Waals surface area contributed by atoms with Crippen LogP contribution in [0.4, 0.5) is 5.69 Å². The smallest absolute Gasteiger partial charge is 0.265 e. The molecule has 0 fully saturated rings. The fraction of sp³-hybridized carbons (Fsp3) is 0.182. The van der Waals surface area contributed by atoms with Crippen molar-refractivity contribution in [2.24, 2.45) is 10.2 Å². The van der Waals surface area contributed by atoms with Gasteiger partial charge in [0.2, 0.25) is 0 Å². The minimum Gasteiger partial charge on any atom is -0.265 e. The van der Waals surface area contributed by atoms with Crippen molar-refractivity contribution < 1.29 is 9.63 Å². The molecule has 0 saturated heterocycles. The number of hydrazone groups is 2. The van der Waals surface area contributed by atoms with Gasteiger partial charge >= 0.3 is 0 Å². The van der Waals surface area contributed by atoms with Crippen LogP contribution < -0.4 is 10.6 Å². The van der Waals surface area contributed by atoms with Gasteiger partial charge in [-0.25, -0.2) is 5.43 Å².